The fraction of sp³-hybridized carbons (Fsp3) is 0. The minimum absolute atomic E-state index is 0.00187. The lowest BCUT2D eigenvalue weighted by Crippen LogP contribution is -2.11. The van der Waals surface area contributed by atoms with E-state index in [-0.39, 0.29) is 22.3 Å². The quantitative estimate of drug-likeness (QED) is 0.588. The summed E-state index contributed by atoms with van der Waals surface area (Å²) in [6.07, 6.45) is 0. The van der Waals surface area contributed by atoms with Crippen molar-refractivity contribution in [2.24, 2.45) is 0 Å². The van der Waals surface area contributed by atoms with Crippen molar-refractivity contribution in [3.05, 3.63) is 69.4 Å². The van der Waals surface area contributed by atoms with Crippen LogP contribution in [0.25, 0.3) is 22.3 Å². The molecule has 0 aromatic heterocycles. The van der Waals surface area contributed by atoms with Crippen LogP contribution in [0.1, 0.15) is 0 Å². The highest BCUT2D eigenvalue weighted by Crippen LogP contribution is 1.89. The molecule has 2 aromatic carbocycles. The Morgan fingerprint density at radius 3 is 0.531 bits per heavy atom. The molecule has 0 heterocycles. The van der Waals surface area contributed by atoms with Crippen molar-refractivity contribution in [3.63, 3.8) is 0 Å². The fourth-order valence-corrected chi connectivity index (χ4v) is 2.22. The van der Waals surface area contributed by atoms with Crippen LogP contribution in [0.4, 0.5) is 0 Å². The summed E-state index contributed by atoms with van der Waals surface area (Å²) in [7, 11) is 0. The molecule has 2 rings (SSSR count). The van der Waals surface area contributed by atoms with E-state index in [2.05, 4.69) is 0 Å². The van der Waals surface area contributed by atoms with Gasteiger partial charge in [0.15, 0.2) is 0 Å². The van der Waals surface area contributed by atoms with Gasteiger partial charge < -0.3 is 0 Å². The molecule has 32 heavy (non-hydrogen) atoms. The van der Waals surface area contributed by atoms with Crippen LogP contribution < -0.4 is 20.9 Å². The third-order valence-corrected chi connectivity index (χ3v) is 3.82. The zero-order valence-corrected chi connectivity index (χ0v) is 16.2. The fourth-order valence-electron chi connectivity index (χ4n) is 2.22. The molecular weight excluding hydrogens is 400 g/mol. The summed E-state index contributed by atoms with van der Waals surface area (Å²) in [5, 5.41) is 71.0. The average molecular weight is 408 g/mol. The second-order valence-electron chi connectivity index (χ2n) is 5.55. The first kappa shape index (κ1) is 23.9. The molecule has 0 N–H and O–H groups in total. The zero-order valence-electron chi connectivity index (χ0n) is 16.2. The van der Waals surface area contributed by atoms with Crippen LogP contribution in [0, 0.1) is 90.6 Å². The average Bonchev–Trinajstić information content (AvgIpc) is 2.84. The maximum Gasteiger partial charge on any atom is 0.136 e. The van der Waals surface area contributed by atoms with Gasteiger partial charge in [0.05, 0.1) is 0 Å². The van der Waals surface area contributed by atoms with Gasteiger partial charge in [0.1, 0.15) is 70.8 Å². The van der Waals surface area contributed by atoms with E-state index in [1.54, 1.807) is 48.6 Å². The largest absolute Gasteiger partial charge is 0.192 e. The van der Waals surface area contributed by atoms with Crippen LogP contribution in [-0.4, -0.2) is 0 Å². The molecule has 0 aliphatic heterocycles. The van der Waals surface area contributed by atoms with Crippen molar-refractivity contribution in [2.45, 2.75) is 0 Å². The molecule has 0 fully saturated rings. The third kappa shape index (κ3) is 5.92. The summed E-state index contributed by atoms with van der Waals surface area (Å²) < 4.78 is 0. The normalized spacial score (nSPS) is 7.75. The summed E-state index contributed by atoms with van der Waals surface area (Å²) in [6.45, 7) is 0. The van der Waals surface area contributed by atoms with Crippen molar-refractivity contribution >= 4 is 22.3 Å². The molecule has 8 heteroatoms. The Morgan fingerprint density at radius 1 is 0.312 bits per heavy atom. The Hall–Kier alpha value is -6.16. The summed E-state index contributed by atoms with van der Waals surface area (Å²) in [5.74, 6) is 0. The molecule has 2 aromatic rings. The number of nitrogens with zero attached hydrogens (tertiary/aromatic N) is 8. The number of hydrogen-bond acceptors (Lipinski definition) is 8. The van der Waals surface area contributed by atoms with Crippen molar-refractivity contribution in [1.29, 1.82) is 42.1 Å². The van der Waals surface area contributed by atoms with Gasteiger partial charge in [-0.15, -0.1) is 0 Å². The molecule has 0 atom stereocenters. The van der Waals surface area contributed by atoms with Gasteiger partial charge in [-0.1, -0.05) is 48.5 Å². The number of rotatable bonds is 0. The molecule has 0 aliphatic rings. The molecule has 0 spiro atoms. The molecule has 144 valence electrons. The van der Waals surface area contributed by atoms with Crippen molar-refractivity contribution in [2.75, 3.05) is 0 Å². The summed E-state index contributed by atoms with van der Waals surface area (Å²) in [6, 6.07) is 26.4. The number of benzene rings is 2. The Labute approximate surface area is 182 Å². The van der Waals surface area contributed by atoms with Crippen molar-refractivity contribution in [1.82, 2.24) is 0 Å². The zero-order chi connectivity index (χ0) is 23.9. The SMILES string of the molecule is N#CC(C#N)=c1ccc(=C(C#N)C#N)cc1.N#CC(C#N)=c1ccc(=C(C#N)C#N)cc1. The van der Waals surface area contributed by atoms with E-state index in [0.717, 1.165) is 0 Å². The summed E-state index contributed by atoms with van der Waals surface area (Å²) in [4.78, 5) is 0. The number of nitriles is 8. The van der Waals surface area contributed by atoms with Gasteiger partial charge in [-0.25, -0.2) is 0 Å². The van der Waals surface area contributed by atoms with E-state index in [1.807, 2.05) is 0 Å². The van der Waals surface area contributed by atoms with Crippen LogP contribution in [0.2, 0.25) is 0 Å². The van der Waals surface area contributed by atoms with E-state index in [9.17, 15) is 0 Å². The second-order valence-corrected chi connectivity index (χ2v) is 5.55. The van der Waals surface area contributed by atoms with Crippen molar-refractivity contribution in [3.8, 4) is 48.6 Å². The van der Waals surface area contributed by atoms with E-state index >= 15 is 0 Å². The first-order valence-corrected chi connectivity index (χ1v) is 8.43. The van der Waals surface area contributed by atoms with E-state index in [0.29, 0.717) is 20.9 Å². The lowest BCUT2D eigenvalue weighted by molar-refractivity contribution is 1.46. The standard InChI is InChI=1S/2C12H4N4/c2*13-5-11(6-14)9-1-2-10(4-3-9)12(7-15)8-16/h2*1-4H. The first-order valence-electron chi connectivity index (χ1n) is 8.43. The van der Waals surface area contributed by atoms with Gasteiger partial charge in [-0.05, 0) is 0 Å². The smallest absolute Gasteiger partial charge is 0.136 e. The summed E-state index contributed by atoms with van der Waals surface area (Å²) >= 11 is 0. The molecule has 0 radical (unpaired) electrons. The Morgan fingerprint density at radius 2 is 0.438 bits per heavy atom. The lowest BCUT2D eigenvalue weighted by atomic mass is 10.1. The van der Waals surface area contributed by atoms with Crippen LogP contribution in [0.3, 0.4) is 0 Å². The molecule has 8 nitrogen and oxygen atoms in total. The Kier molecular flexibility index (Phi) is 9.20. The Bertz CT molecular complexity index is 1290. The van der Waals surface area contributed by atoms with E-state index < -0.39 is 0 Å². The molecule has 0 aliphatic carbocycles. The van der Waals surface area contributed by atoms with Gasteiger partial charge in [0.2, 0.25) is 0 Å². The van der Waals surface area contributed by atoms with Crippen molar-refractivity contribution < 1.29 is 0 Å². The van der Waals surface area contributed by atoms with Crippen LogP contribution in [0.15, 0.2) is 48.5 Å². The Balaban J connectivity index is 0.000000320. The maximum atomic E-state index is 8.63. The van der Waals surface area contributed by atoms with Crippen LogP contribution >= 0.6 is 0 Å². The first-order chi connectivity index (χ1) is 15.5. The van der Waals surface area contributed by atoms with Crippen LogP contribution in [0.5, 0.6) is 0 Å². The monoisotopic (exact) mass is 408 g/mol. The molecule has 0 amide bonds. The highest BCUT2D eigenvalue weighted by molar-refractivity contribution is 5.75. The van der Waals surface area contributed by atoms with Gasteiger partial charge in [-0.3, -0.25) is 0 Å². The van der Waals surface area contributed by atoms with E-state index in [4.69, 9.17) is 42.1 Å². The van der Waals surface area contributed by atoms with Gasteiger partial charge >= 0.3 is 0 Å². The molecule has 0 unspecified atom stereocenters. The minimum atomic E-state index is 0.00187. The molecular formula is C24H8N8. The van der Waals surface area contributed by atoms with Gasteiger partial charge in [0, 0.05) is 20.9 Å². The molecule has 0 bridgehead atoms. The van der Waals surface area contributed by atoms with Gasteiger partial charge in [0.25, 0.3) is 0 Å². The summed E-state index contributed by atoms with van der Waals surface area (Å²) in [5.41, 5.74) is 0.00746. The molecule has 0 saturated heterocycles. The lowest BCUT2D eigenvalue weighted by Gasteiger charge is -1.88. The third-order valence-electron chi connectivity index (χ3n) is 3.82. The predicted octanol–water partition coefficient (Wildman–Crippen LogP) is 0.165. The maximum absolute atomic E-state index is 8.63. The highest BCUT2D eigenvalue weighted by Gasteiger charge is 1.97. The van der Waals surface area contributed by atoms with Crippen LogP contribution in [-0.2, 0) is 0 Å². The molecule has 0 saturated carbocycles. The van der Waals surface area contributed by atoms with Gasteiger partial charge in [-0.2, -0.15) is 42.1 Å². The minimum Gasteiger partial charge on any atom is -0.192 e. The highest BCUT2D eigenvalue weighted by atomic mass is 14.3. The second kappa shape index (κ2) is 12.3. The number of hydrogen-bond donors (Lipinski definition) is 0. The van der Waals surface area contributed by atoms with E-state index in [1.165, 1.54) is 48.5 Å². The topological polar surface area (TPSA) is 190 Å². The predicted molar refractivity (Wildman–Crippen MR) is 110 cm³/mol.